The van der Waals surface area contributed by atoms with E-state index in [-0.39, 0.29) is 17.4 Å². The molecule has 0 radical (unpaired) electrons. The minimum atomic E-state index is -2.81. The number of aromatic nitrogens is 5. The van der Waals surface area contributed by atoms with Crippen molar-refractivity contribution in [1.29, 1.82) is 0 Å². The Balaban J connectivity index is 1.32. The Labute approximate surface area is 190 Å². The Bertz CT molecular complexity index is 1560. The summed E-state index contributed by atoms with van der Waals surface area (Å²) in [5, 5.41) is 4.45. The molecule has 172 valence electrons. The van der Waals surface area contributed by atoms with Crippen LogP contribution >= 0.6 is 0 Å². The van der Waals surface area contributed by atoms with Gasteiger partial charge in [-0.1, -0.05) is 12.1 Å². The van der Waals surface area contributed by atoms with Crippen molar-refractivity contribution in [2.75, 3.05) is 13.1 Å². The second-order valence-electron chi connectivity index (χ2n) is 8.76. The second kappa shape index (κ2) is 7.17. The molecule has 1 aromatic carbocycles. The maximum Gasteiger partial charge on any atom is 0.325 e. The Morgan fingerprint density at radius 1 is 1.15 bits per heavy atom. The van der Waals surface area contributed by atoms with E-state index in [9.17, 15) is 23.2 Å². The number of fused-ring (bicyclic) bond motifs is 1. The molecule has 0 bridgehead atoms. The molecule has 1 aliphatic heterocycles. The minimum Gasteiger partial charge on any atom is -0.326 e. The lowest BCUT2D eigenvalue weighted by Crippen LogP contribution is -2.58. The highest BCUT2D eigenvalue weighted by Crippen LogP contribution is 2.55. The van der Waals surface area contributed by atoms with E-state index in [0.717, 1.165) is 22.4 Å². The van der Waals surface area contributed by atoms with Crippen LogP contribution in [0.15, 0.2) is 58.5 Å². The highest BCUT2D eigenvalue weighted by molar-refractivity contribution is 5.95. The lowest BCUT2D eigenvalue weighted by Gasteiger charge is -2.38. The molecule has 2 fully saturated rings. The fraction of sp³-hybridized carbons (Fsp3) is 0.261. The third kappa shape index (κ3) is 3.40. The number of aromatic amines is 2. The maximum atomic E-state index is 13.2. The van der Waals surface area contributed by atoms with Gasteiger partial charge in [0.1, 0.15) is 0 Å². The van der Waals surface area contributed by atoms with Gasteiger partial charge in [-0.2, -0.15) is 5.10 Å². The summed E-state index contributed by atoms with van der Waals surface area (Å²) in [6, 6.07) is 8.88. The van der Waals surface area contributed by atoms with E-state index in [1.165, 1.54) is 6.20 Å². The number of carbonyl (C=O) groups is 1. The van der Waals surface area contributed by atoms with Crippen molar-refractivity contribution in [1.82, 2.24) is 29.5 Å². The summed E-state index contributed by atoms with van der Waals surface area (Å²) in [6.45, 7) is -1.10. The number of alkyl halides is 2. The van der Waals surface area contributed by atoms with Crippen LogP contribution in [0.1, 0.15) is 39.7 Å². The summed E-state index contributed by atoms with van der Waals surface area (Å²) in [7, 11) is 0. The predicted octanol–water partition coefficient (Wildman–Crippen LogP) is 2.14. The van der Waals surface area contributed by atoms with Gasteiger partial charge in [0, 0.05) is 29.7 Å². The van der Waals surface area contributed by atoms with Crippen molar-refractivity contribution in [3.63, 3.8) is 0 Å². The first-order chi connectivity index (χ1) is 16.3. The number of halogens is 2. The van der Waals surface area contributed by atoms with E-state index in [0.29, 0.717) is 16.9 Å². The van der Waals surface area contributed by atoms with E-state index in [1.807, 2.05) is 6.07 Å². The van der Waals surface area contributed by atoms with E-state index in [4.69, 9.17) is 0 Å². The van der Waals surface area contributed by atoms with Gasteiger partial charge >= 0.3 is 5.69 Å². The van der Waals surface area contributed by atoms with Crippen LogP contribution in [0.4, 0.5) is 8.78 Å². The van der Waals surface area contributed by atoms with Gasteiger partial charge < -0.3 is 9.88 Å². The number of H-pyrrole nitrogens is 2. The molecule has 1 aliphatic carbocycles. The summed E-state index contributed by atoms with van der Waals surface area (Å²) in [5.41, 5.74) is 2.36. The number of nitrogens with zero attached hydrogens (tertiary/aromatic N) is 4. The summed E-state index contributed by atoms with van der Waals surface area (Å²) >= 11 is 0. The summed E-state index contributed by atoms with van der Waals surface area (Å²) in [5.74, 6) is -3.02. The first-order valence-electron chi connectivity index (χ1n) is 10.7. The van der Waals surface area contributed by atoms with Crippen molar-refractivity contribution in [3.05, 3.63) is 86.5 Å². The molecule has 11 heteroatoms. The van der Waals surface area contributed by atoms with Crippen molar-refractivity contribution >= 4 is 11.6 Å². The number of hydrogen-bond donors (Lipinski definition) is 2. The molecule has 2 N–H and O–H groups in total. The highest BCUT2D eigenvalue weighted by atomic mass is 19.3. The van der Waals surface area contributed by atoms with E-state index in [1.54, 1.807) is 41.2 Å². The largest absolute Gasteiger partial charge is 0.326 e. The Kier molecular flexibility index (Phi) is 4.32. The fourth-order valence-corrected chi connectivity index (χ4v) is 4.59. The van der Waals surface area contributed by atoms with Gasteiger partial charge in [0.05, 0.1) is 24.3 Å². The summed E-state index contributed by atoms with van der Waals surface area (Å²) in [6.07, 6.45) is 5.43. The zero-order valence-corrected chi connectivity index (χ0v) is 17.7. The topological polar surface area (TPSA) is 116 Å². The maximum absolute atomic E-state index is 13.2. The van der Waals surface area contributed by atoms with Crippen molar-refractivity contribution in [2.24, 2.45) is 0 Å². The van der Waals surface area contributed by atoms with Gasteiger partial charge in [0.2, 0.25) is 0 Å². The van der Waals surface area contributed by atoms with Gasteiger partial charge in [-0.3, -0.25) is 14.6 Å². The number of amides is 1. The monoisotopic (exact) mass is 464 g/mol. The first-order valence-corrected chi connectivity index (χ1v) is 10.7. The summed E-state index contributed by atoms with van der Waals surface area (Å²) < 4.78 is 27.9. The summed E-state index contributed by atoms with van der Waals surface area (Å²) in [4.78, 5) is 46.5. The van der Waals surface area contributed by atoms with Crippen LogP contribution in [0.5, 0.6) is 0 Å². The Morgan fingerprint density at radius 3 is 2.74 bits per heavy atom. The molecule has 4 aromatic rings. The smallest absolute Gasteiger partial charge is 0.325 e. The van der Waals surface area contributed by atoms with Crippen LogP contribution in [-0.4, -0.2) is 54.4 Å². The molecule has 6 rings (SSSR count). The molecule has 1 amide bonds. The lowest BCUT2D eigenvalue weighted by molar-refractivity contribution is -0.113. The fourth-order valence-electron chi connectivity index (χ4n) is 4.59. The number of likely N-dealkylation sites (tertiary alicyclic amines) is 1. The minimum absolute atomic E-state index is 0.0761. The van der Waals surface area contributed by atoms with Crippen LogP contribution in [0.3, 0.4) is 0 Å². The third-order valence-electron chi connectivity index (χ3n) is 6.37. The van der Waals surface area contributed by atoms with Gasteiger partial charge in [-0.15, -0.1) is 0 Å². The predicted molar refractivity (Wildman–Crippen MR) is 117 cm³/mol. The van der Waals surface area contributed by atoms with Gasteiger partial charge in [-0.25, -0.2) is 23.1 Å². The highest BCUT2D eigenvalue weighted by Gasteiger charge is 2.47. The van der Waals surface area contributed by atoms with Crippen molar-refractivity contribution in [2.45, 2.75) is 24.2 Å². The standard InChI is InChI=1S/C23H18F2N6O3/c24-23(25)10-30(11-23)21(33)13-3-1-2-12(6-13)14-7-15(14)16-8-18(29-31-5-4-26-19(16)31)17-9-27-22(34)28-20(17)32/h1-6,8-9,14-15H,7,10-11H2,(H2,27,28,32,34)/t14-,15+/m1/s1. The van der Waals surface area contributed by atoms with Crippen molar-refractivity contribution in [3.8, 4) is 11.3 Å². The van der Waals surface area contributed by atoms with Crippen LogP contribution in [0.2, 0.25) is 0 Å². The molecular formula is C23H18F2N6O3. The van der Waals surface area contributed by atoms with Gasteiger partial charge in [0.25, 0.3) is 17.4 Å². The van der Waals surface area contributed by atoms with Crippen LogP contribution < -0.4 is 11.2 Å². The molecule has 3 aromatic heterocycles. The Hall–Kier alpha value is -4.15. The number of hydrogen-bond acceptors (Lipinski definition) is 5. The molecule has 4 heterocycles. The average Bonchev–Trinajstić information content (AvgIpc) is 3.45. The number of nitrogens with one attached hydrogen (secondary N) is 2. The molecule has 2 aliphatic rings. The first kappa shape index (κ1) is 20.5. The molecule has 2 atom stereocenters. The SMILES string of the molecule is O=C(c1cccc([C@H]2C[C@@H]2c2cc(-c3c[nH]c(=O)[nH]c3=O)nn3ccnc23)c1)N1CC(F)(F)C1. The number of imidazole rings is 1. The third-order valence-corrected chi connectivity index (χ3v) is 6.37. The Morgan fingerprint density at radius 2 is 1.97 bits per heavy atom. The van der Waals surface area contributed by atoms with Crippen molar-refractivity contribution < 1.29 is 13.6 Å². The van der Waals surface area contributed by atoms with E-state index >= 15 is 0 Å². The van der Waals surface area contributed by atoms with Gasteiger partial charge in [-0.05, 0) is 42.0 Å². The molecule has 1 saturated carbocycles. The van der Waals surface area contributed by atoms with Gasteiger partial charge in [0.15, 0.2) is 5.65 Å². The molecule has 0 spiro atoms. The molecular weight excluding hydrogens is 446 g/mol. The number of rotatable bonds is 4. The normalized spacial score (nSPS) is 20.8. The number of carbonyl (C=O) groups excluding carboxylic acids is 1. The molecule has 34 heavy (non-hydrogen) atoms. The zero-order valence-electron chi connectivity index (χ0n) is 17.7. The molecule has 9 nitrogen and oxygen atoms in total. The molecule has 1 saturated heterocycles. The average molecular weight is 464 g/mol. The van der Waals surface area contributed by atoms with Crippen LogP contribution in [-0.2, 0) is 0 Å². The van der Waals surface area contributed by atoms with E-state index < -0.39 is 36.2 Å². The number of benzene rings is 1. The van der Waals surface area contributed by atoms with Crippen LogP contribution in [0, 0.1) is 0 Å². The van der Waals surface area contributed by atoms with Crippen LogP contribution in [0.25, 0.3) is 16.9 Å². The van der Waals surface area contributed by atoms with E-state index in [2.05, 4.69) is 20.1 Å². The second-order valence-corrected chi connectivity index (χ2v) is 8.76. The zero-order chi connectivity index (χ0) is 23.6. The molecule has 0 unspecified atom stereocenters. The quantitative estimate of drug-likeness (QED) is 0.480. The lowest BCUT2D eigenvalue weighted by atomic mass is 10.0.